The fourth-order valence-corrected chi connectivity index (χ4v) is 1.87. The molecule has 108 valence electrons. The van der Waals surface area contributed by atoms with E-state index in [0.29, 0.717) is 17.0 Å². The van der Waals surface area contributed by atoms with E-state index in [4.69, 9.17) is 4.74 Å². The predicted molar refractivity (Wildman–Crippen MR) is 81.9 cm³/mol. The topological polar surface area (TPSA) is 55.4 Å². The molecule has 2 aromatic carbocycles. The summed E-state index contributed by atoms with van der Waals surface area (Å²) >= 11 is 0. The van der Waals surface area contributed by atoms with Gasteiger partial charge in [0.2, 0.25) is 0 Å². The van der Waals surface area contributed by atoms with Gasteiger partial charge in [0, 0.05) is 5.69 Å². The number of hydrogen-bond donors (Lipinski definition) is 1. The molecule has 4 nitrogen and oxygen atoms in total. The van der Waals surface area contributed by atoms with Crippen molar-refractivity contribution in [2.45, 2.75) is 13.8 Å². The van der Waals surface area contributed by atoms with Gasteiger partial charge in [-0.1, -0.05) is 29.3 Å². The molecule has 0 bridgehead atoms. The summed E-state index contributed by atoms with van der Waals surface area (Å²) in [6, 6.07) is 12.7. The molecule has 0 radical (unpaired) electrons. The van der Waals surface area contributed by atoms with Gasteiger partial charge in [-0.2, -0.15) is 0 Å². The van der Waals surface area contributed by atoms with Crippen molar-refractivity contribution in [3.63, 3.8) is 0 Å². The van der Waals surface area contributed by atoms with Gasteiger partial charge in [0.05, 0.1) is 5.56 Å². The van der Waals surface area contributed by atoms with E-state index in [2.05, 4.69) is 5.32 Å². The highest BCUT2D eigenvalue weighted by atomic mass is 16.5. The number of carbonyl (C=O) groups excluding carboxylic acids is 2. The molecule has 0 saturated heterocycles. The highest BCUT2D eigenvalue weighted by Gasteiger charge is 2.07. The zero-order valence-electron chi connectivity index (χ0n) is 12.1. The van der Waals surface area contributed by atoms with Crippen LogP contribution in [-0.2, 0) is 4.79 Å². The van der Waals surface area contributed by atoms with Crippen molar-refractivity contribution in [2.75, 3.05) is 11.9 Å². The van der Waals surface area contributed by atoms with Crippen LogP contribution in [0.1, 0.15) is 21.5 Å². The van der Waals surface area contributed by atoms with Gasteiger partial charge in [0.1, 0.15) is 5.75 Å². The second-order valence-electron chi connectivity index (χ2n) is 4.86. The lowest BCUT2D eigenvalue weighted by molar-refractivity contribution is -0.118. The summed E-state index contributed by atoms with van der Waals surface area (Å²) in [5.74, 6) is 0.144. The Bertz CT molecular complexity index is 648. The predicted octanol–water partition coefficient (Wildman–Crippen LogP) is 3.13. The monoisotopic (exact) mass is 283 g/mol. The van der Waals surface area contributed by atoms with E-state index in [9.17, 15) is 9.59 Å². The summed E-state index contributed by atoms with van der Waals surface area (Å²) < 4.78 is 5.40. The average molecular weight is 283 g/mol. The number of aryl methyl sites for hydroxylation is 2. The van der Waals surface area contributed by atoms with Crippen molar-refractivity contribution in [1.82, 2.24) is 0 Å². The van der Waals surface area contributed by atoms with E-state index in [-0.39, 0.29) is 12.5 Å². The molecule has 21 heavy (non-hydrogen) atoms. The molecule has 2 rings (SSSR count). The molecule has 0 saturated carbocycles. The van der Waals surface area contributed by atoms with Gasteiger partial charge in [-0.25, -0.2) is 0 Å². The molecule has 0 aromatic heterocycles. The highest BCUT2D eigenvalue weighted by Crippen LogP contribution is 2.18. The van der Waals surface area contributed by atoms with Crippen LogP contribution in [0.3, 0.4) is 0 Å². The summed E-state index contributed by atoms with van der Waals surface area (Å²) in [5, 5.41) is 2.74. The van der Waals surface area contributed by atoms with Crippen LogP contribution in [0.5, 0.6) is 5.75 Å². The van der Waals surface area contributed by atoms with Crippen LogP contribution in [0.4, 0.5) is 5.69 Å². The zero-order valence-corrected chi connectivity index (χ0v) is 12.1. The molecule has 0 spiro atoms. The Labute approximate surface area is 123 Å². The first-order valence-electron chi connectivity index (χ1n) is 6.63. The van der Waals surface area contributed by atoms with Crippen LogP contribution in [0.15, 0.2) is 42.5 Å². The molecular weight excluding hydrogens is 266 g/mol. The number of rotatable bonds is 5. The van der Waals surface area contributed by atoms with Crippen molar-refractivity contribution < 1.29 is 14.3 Å². The van der Waals surface area contributed by atoms with Crippen molar-refractivity contribution in [3.8, 4) is 5.75 Å². The molecule has 0 aliphatic heterocycles. The average Bonchev–Trinajstić information content (AvgIpc) is 2.48. The fourth-order valence-electron chi connectivity index (χ4n) is 1.87. The largest absolute Gasteiger partial charge is 0.483 e. The SMILES string of the molecule is Cc1ccc(NC(=O)COc2ccc(C)cc2C=O)cc1. The highest BCUT2D eigenvalue weighted by molar-refractivity contribution is 5.92. The van der Waals surface area contributed by atoms with Crippen molar-refractivity contribution >= 4 is 17.9 Å². The van der Waals surface area contributed by atoms with Crippen LogP contribution in [-0.4, -0.2) is 18.8 Å². The minimum atomic E-state index is -0.267. The van der Waals surface area contributed by atoms with Crippen molar-refractivity contribution in [3.05, 3.63) is 59.2 Å². The number of aldehydes is 1. The maximum Gasteiger partial charge on any atom is 0.262 e. The summed E-state index contributed by atoms with van der Waals surface area (Å²) in [6.45, 7) is 3.73. The van der Waals surface area contributed by atoms with Crippen LogP contribution < -0.4 is 10.1 Å². The molecule has 1 amide bonds. The Morgan fingerprint density at radius 2 is 1.76 bits per heavy atom. The maximum atomic E-state index is 11.8. The van der Waals surface area contributed by atoms with Gasteiger partial charge in [-0.15, -0.1) is 0 Å². The van der Waals surface area contributed by atoms with Gasteiger partial charge in [-0.3, -0.25) is 9.59 Å². The number of carbonyl (C=O) groups is 2. The second-order valence-corrected chi connectivity index (χ2v) is 4.86. The number of anilines is 1. The van der Waals surface area contributed by atoms with Gasteiger partial charge in [-0.05, 0) is 38.1 Å². The zero-order chi connectivity index (χ0) is 15.2. The Kier molecular flexibility index (Phi) is 4.72. The van der Waals surface area contributed by atoms with Crippen LogP contribution in [0, 0.1) is 13.8 Å². The Hall–Kier alpha value is -2.62. The molecule has 0 unspecified atom stereocenters. The van der Waals surface area contributed by atoms with Crippen LogP contribution >= 0.6 is 0 Å². The van der Waals surface area contributed by atoms with E-state index >= 15 is 0 Å². The number of ether oxygens (including phenoxy) is 1. The van der Waals surface area contributed by atoms with Crippen LogP contribution in [0.25, 0.3) is 0 Å². The number of benzene rings is 2. The Balaban J connectivity index is 1.95. The summed E-state index contributed by atoms with van der Waals surface area (Å²) in [5.41, 5.74) is 3.25. The first-order chi connectivity index (χ1) is 10.1. The summed E-state index contributed by atoms with van der Waals surface area (Å²) in [6.07, 6.45) is 0.722. The molecule has 0 fully saturated rings. The normalized spacial score (nSPS) is 10.0. The number of hydrogen-bond acceptors (Lipinski definition) is 3. The van der Waals surface area contributed by atoms with E-state index < -0.39 is 0 Å². The third-order valence-electron chi connectivity index (χ3n) is 2.99. The fraction of sp³-hybridized carbons (Fsp3) is 0.176. The van der Waals surface area contributed by atoms with E-state index in [1.54, 1.807) is 12.1 Å². The van der Waals surface area contributed by atoms with Crippen LogP contribution in [0.2, 0.25) is 0 Å². The number of nitrogens with one attached hydrogen (secondary N) is 1. The second kappa shape index (κ2) is 6.70. The van der Waals surface area contributed by atoms with Gasteiger partial charge >= 0.3 is 0 Å². The van der Waals surface area contributed by atoms with Gasteiger partial charge in [0.15, 0.2) is 12.9 Å². The molecular formula is C17H17NO3. The molecule has 2 aromatic rings. The summed E-state index contributed by atoms with van der Waals surface area (Å²) in [7, 11) is 0. The van der Waals surface area contributed by atoms with E-state index in [1.165, 1.54) is 0 Å². The lowest BCUT2D eigenvalue weighted by Crippen LogP contribution is -2.20. The summed E-state index contributed by atoms with van der Waals surface area (Å²) in [4.78, 5) is 22.8. The van der Waals surface area contributed by atoms with Crippen molar-refractivity contribution in [1.29, 1.82) is 0 Å². The first kappa shape index (κ1) is 14.8. The third-order valence-corrected chi connectivity index (χ3v) is 2.99. The van der Waals surface area contributed by atoms with E-state index in [0.717, 1.165) is 17.4 Å². The van der Waals surface area contributed by atoms with Crippen molar-refractivity contribution in [2.24, 2.45) is 0 Å². The van der Waals surface area contributed by atoms with Gasteiger partial charge < -0.3 is 10.1 Å². The smallest absolute Gasteiger partial charge is 0.262 e. The Morgan fingerprint density at radius 1 is 1.10 bits per heavy atom. The molecule has 4 heteroatoms. The molecule has 0 atom stereocenters. The van der Waals surface area contributed by atoms with E-state index in [1.807, 2.05) is 44.2 Å². The third kappa shape index (κ3) is 4.18. The minimum absolute atomic E-state index is 0.141. The lowest BCUT2D eigenvalue weighted by Gasteiger charge is -2.09. The first-order valence-corrected chi connectivity index (χ1v) is 6.63. The lowest BCUT2D eigenvalue weighted by atomic mass is 10.1. The standard InChI is InChI=1S/C17H17NO3/c1-12-3-6-15(7-4-12)18-17(20)11-21-16-8-5-13(2)9-14(16)10-19/h3-10H,11H2,1-2H3,(H,18,20). The molecule has 0 aliphatic carbocycles. The Morgan fingerprint density at radius 3 is 2.43 bits per heavy atom. The maximum absolute atomic E-state index is 11.8. The number of amides is 1. The van der Waals surface area contributed by atoms with Gasteiger partial charge in [0.25, 0.3) is 5.91 Å². The minimum Gasteiger partial charge on any atom is -0.483 e. The molecule has 0 heterocycles. The molecule has 1 N–H and O–H groups in total. The quantitative estimate of drug-likeness (QED) is 0.858. The molecule has 0 aliphatic rings.